The van der Waals surface area contributed by atoms with Crippen LogP contribution in [0.3, 0.4) is 0 Å². The second-order valence-corrected chi connectivity index (χ2v) is 5.77. The lowest BCUT2D eigenvalue weighted by Gasteiger charge is -2.28. The Balaban J connectivity index is 2.00. The number of carboxylic acids is 1. The molecule has 0 aliphatic heterocycles. The fraction of sp³-hybridized carbons (Fsp3) is 0.588. The lowest BCUT2D eigenvalue weighted by atomic mass is 9.87. The van der Waals surface area contributed by atoms with Gasteiger partial charge in [0.25, 0.3) is 0 Å². The first kappa shape index (κ1) is 15.8. The second kappa shape index (κ2) is 7.46. The third-order valence-electron chi connectivity index (χ3n) is 4.22. The van der Waals surface area contributed by atoms with E-state index in [0.29, 0.717) is 6.42 Å². The number of unbranched alkanes of at least 4 members (excludes halogenated alkanes) is 1. The highest BCUT2D eigenvalue weighted by molar-refractivity contribution is 5.73. The molecule has 2 rings (SSSR count). The van der Waals surface area contributed by atoms with Crippen molar-refractivity contribution in [2.75, 3.05) is 7.11 Å². The minimum Gasteiger partial charge on any atom is -0.497 e. The first-order valence-electron chi connectivity index (χ1n) is 7.78. The maximum absolute atomic E-state index is 11.3. The van der Waals surface area contributed by atoms with Crippen LogP contribution in [0.1, 0.15) is 43.7 Å². The molecule has 4 heteroatoms. The maximum Gasteiger partial charge on any atom is 0.320 e. The number of ether oxygens (including phenoxy) is 1. The van der Waals surface area contributed by atoms with Crippen molar-refractivity contribution in [1.29, 1.82) is 0 Å². The van der Waals surface area contributed by atoms with Gasteiger partial charge in [-0.05, 0) is 48.9 Å². The van der Waals surface area contributed by atoms with Crippen LogP contribution >= 0.6 is 0 Å². The van der Waals surface area contributed by atoms with E-state index in [1.807, 2.05) is 6.07 Å². The van der Waals surface area contributed by atoms with Crippen molar-refractivity contribution in [3.8, 4) is 5.75 Å². The highest BCUT2D eigenvalue weighted by atomic mass is 16.5. The van der Waals surface area contributed by atoms with Crippen molar-refractivity contribution in [2.24, 2.45) is 0 Å². The first-order valence-corrected chi connectivity index (χ1v) is 7.78. The first-order chi connectivity index (χ1) is 10.1. The van der Waals surface area contributed by atoms with Crippen molar-refractivity contribution in [3.05, 3.63) is 29.3 Å². The van der Waals surface area contributed by atoms with Crippen LogP contribution in [0.5, 0.6) is 5.75 Å². The molecule has 0 bridgehead atoms. The molecule has 2 unspecified atom stereocenters. The Hall–Kier alpha value is -1.55. The van der Waals surface area contributed by atoms with Crippen molar-refractivity contribution in [3.63, 3.8) is 0 Å². The van der Waals surface area contributed by atoms with E-state index in [4.69, 9.17) is 4.74 Å². The molecule has 0 saturated carbocycles. The molecular formula is C17H25NO3. The van der Waals surface area contributed by atoms with Crippen LogP contribution < -0.4 is 10.1 Å². The van der Waals surface area contributed by atoms with Crippen molar-refractivity contribution >= 4 is 5.97 Å². The Morgan fingerprint density at radius 3 is 2.95 bits per heavy atom. The minimum absolute atomic E-state index is 0.238. The molecule has 1 aliphatic carbocycles. The predicted octanol–water partition coefficient (Wildman–Crippen LogP) is 2.79. The largest absolute Gasteiger partial charge is 0.497 e. The highest BCUT2D eigenvalue weighted by Gasteiger charge is 2.24. The zero-order valence-electron chi connectivity index (χ0n) is 12.9. The lowest BCUT2D eigenvalue weighted by molar-refractivity contribution is -0.140. The smallest absolute Gasteiger partial charge is 0.320 e. The van der Waals surface area contributed by atoms with E-state index < -0.39 is 12.0 Å². The highest BCUT2D eigenvalue weighted by Crippen LogP contribution is 2.26. The van der Waals surface area contributed by atoms with Crippen molar-refractivity contribution in [1.82, 2.24) is 5.32 Å². The summed E-state index contributed by atoms with van der Waals surface area (Å²) in [6.45, 7) is 2.09. The van der Waals surface area contributed by atoms with Crippen LogP contribution in [0.2, 0.25) is 0 Å². The van der Waals surface area contributed by atoms with Gasteiger partial charge in [0.15, 0.2) is 0 Å². The van der Waals surface area contributed by atoms with Gasteiger partial charge >= 0.3 is 5.97 Å². The van der Waals surface area contributed by atoms with Gasteiger partial charge in [-0.1, -0.05) is 25.8 Å². The number of benzene rings is 1. The van der Waals surface area contributed by atoms with Crippen molar-refractivity contribution < 1.29 is 14.6 Å². The number of hydrogen-bond acceptors (Lipinski definition) is 3. The van der Waals surface area contributed by atoms with Gasteiger partial charge in [-0.3, -0.25) is 4.79 Å². The zero-order chi connectivity index (χ0) is 15.2. The standard InChI is InChI=1S/C17H25NO3/c1-3-4-5-16(17(19)20)18-14-8-6-12-7-9-15(21-2)11-13(12)10-14/h7,9,11,14,16,18H,3-6,8,10H2,1-2H3,(H,19,20). The second-order valence-electron chi connectivity index (χ2n) is 5.77. The number of rotatable bonds is 7. The summed E-state index contributed by atoms with van der Waals surface area (Å²) < 4.78 is 5.27. The summed E-state index contributed by atoms with van der Waals surface area (Å²) in [6.07, 6.45) is 5.54. The Labute approximate surface area is 126 Å². The number of hydrogen-bond donors (Lipinski definition) is 2. The molecule has 2 N–H and O–H groups in total. The Morgan fingerprint density at radius 1 is 1.48 bits per heavy atom. The van der Waals surface area contributed by atoms with Crippen LogP contribution in [-0.2, 0) is 17.6 Å². The average Bonchev–Trinajstić information content (AvgIpc) is 2.50. The van der Waals surface area contributed by atoms with Crippen molar-refractivity contribution in [2.45, 2.75) is 57.5 Å². The van der Waals surface area contributed by atoms with Gasteiger partial charge in [0.05, 0.1) is 7.11 Å². The van der Waals surface area contributed by atoms with E-state index in [2.05, 4.69) is 24.4 Å². The van der Waals surface area contributed by atoms with Gasteiger partial charge in [-0.25, -0.2) is 0 Å². The van der Waals surface area contributed by atoms with Crippen LogP contribution in [0.25, 0.3) is 0 Å². The molecule has 0 aromatic heterocycles. The molecule has 1 aromatic rings. The zero-order valence-corrected chi connectivity index (χ0v) is 12.9. The summed E-state index contributed by atoms with van der Waals surface area (Å²) in [6, 6.07) is 6.00. The fourth-order valence-electron chi connectivity index (χ4n) is 2.97. The van der Waals surface area contributed by atoms with Gasteiger partial charge in [0.2, 0.25) is 0 Å². The number of methoxy groups -OCH3 is 1. The molecule has 1 aliphatic rings. The normalized spacial score (nSPS) is 18.9. The van der Waals surface area contributed by atoms with Gasteiger partial charge in [-0.2, -0.15) is 0 Å². The Kier molecular flexibility index (Phi) is 5.62. The van der Waals surface area contributed by atoms with Crippen LogP contribution in [0.15, 0.2) is 18.2 Å². The molecule has 0 saturated heterocycles. The number of nitrogens with one attached hydrogen (secondary N) is 1. The van der Waals surface area contributed by atoms with Gasteiger partial charge in [-0.15, -0.1) is 0 Å². The van der Waals surface area contributed by atoms with E-state index in [-0.39, 0.29) is 6.04 Å². The SMILES string of the molecule is CCCCC(NC1CCc2ccc(OC)cc2C1)C(=O)O. The van der Waals surface area contributed by atoms with Crippen LogP contribution in [0, 0.1) is 0 Å². The monoisotopic (exact) mass is 291 g/mol. The van der Waals surface area contributed by atoms with Gasteiger partial charge in [0.1, 0.15) is 11.8 Å². The van der Waals surface area contributed by atoms with Crippen LogP contribution in [0.4, 0.5) is 0 Å². The summed E-state index contributed by atoms with van der Waals surface area (Å²) in [5.74, 6) is 0.134. The average molecular weight is 291 g/mol. The van der Waals surface area contributed by atoms with Gasteiger partial charge < -0.3 is 15.2 Å². The topological polar surface area (TPSA) is 58.6 Å². The van der Waals surface area contributed by atoms with Crippen LogP contribution in [-0.4, -0.2) is 30.3 Å². The van der Waals surface area contributed by atoms with Gasteiger partial charge in [0, 0.05) is 6.04 Å². The third kappa shape index (κ3) is 4.21. The fourth-order valence-corrected chi connectivity index (χ4v) is 2.97. The molecule has 116 valence electrons. The van der Waals surface area contributed by atoms with E-state index in [9.17, 15) is 9.90 Å². The molecule has 0 amide bonds. The number of carbonyl (C=O) groups is 1. The summed E-state index contributed by atoms with van der Waals surface area (Å²) >= 11 is 0. The maximum atomic E-state index is 11.3. The number of fused-ring (bicyclic) bond motifs is 1. The number of carboxylic acid groups (broad SMARTS) is 1. The minimum atomic E-state index is -0.736. The molecule has 21 heavy (non-hydrogen) atoms. The molecule has 4 nitrogen and oxygen atoms in total. The molecule has 0 radical (unpaired) electrons. The molecule has 0 fully saturated rings. The quantitative estimate of drug-likeness (QED) is 0.811. The van der Waals surface area contributed by atoms with E-state index >= 15 is 0 Å². The summed E-state index contributed by atoms with van der Waals surface area (Å²) in [7, 11) is 1.67. The predicted molar refractivity (Wildman–Crippen MR) is 82.9 cm³/mol. The Bertz CT molecular complexity index is 487. The summed E-state index contributed by atoms with van der Waals surface area (Å²) in [4.78, 5) is 11.3. The summed E-state index contributed by atoms with van der Waals surface area (Å²) in [5.41, 5.74) is 2.63. The molecule has 2 atom stereocenters. The molecule has 0 heterocycles. The van der Waals surface area contributed by atoms with E-state index in [0.717, 1.165) is 37.9 Å². The van der Waals surface area contributed by atoms with E-state index in [1.54, 1.807) is 7.11 Å². The summed E-state index contributed by atoms with van der Waals surface area (Å²) in [5, 5.41) is 12.7. The van der Waals surface area contributed by atoms with E-state index in [1.165, 1.54) is 11.1 Å². The Morgan fingerprint density at radius 2 is 2.29 bits per heavy atom. The number of aliphatic carboxylic acids is 1. The molecular weight excluding hydrogens is 266 g/mol. The lowest BCUT2D eigenvalue weighted by Crippen LogP contribution is -2.45. The third-order valence-corrected chi connectivity index (χ3v) is 4.22. The molecule has 0 spiro atoms. The molecule has 1 aromatic carbocycles. The number of aryl methyl sites for hydroxylation is 1.